The lowest BCUT2D eigenvalue weighted by molar-refractivity contribution is 0.306. The third-order valence-electron chi connectivity index (χ3n) is 5.71. The molecule has 0 bridgehead atoms. The van der Waals surface area contributed by atoms with Crippen LogP contribution in [0, 0.1) is 40.9 Å². The molecule has 6 nitrogen and oxygen atoms in total. The molecule has 0 fully saturated rings. The fraction of sp³-hybridized carbons (Fsp3) is 0.111. The first-order valence-corrected chi connectivity index (χ1v) is 10.2. The topological polar surface area (TPSA) is 120 Å². The molecule has 4 rings (SSSR count). The van der Waals surface area contributed by atoms with E-state index in [1.54, 1.807) is 6.07 Å². The Labute approximate surface area is 192 Å². The Balaban J connectivity index is 1.65. The molecule has 1 aliphatic rings. The van der Waals surface area contributed by atoms with E-state index in [4.69, 9.17) is 10.5 Å². The monoisotopic (exact) mass is 429 g/mol. The molecule has 0 saturated carbocycles. The summed E-state index contributed by atoms with van der Waals surface area (Å²) >= 11 is 0. The van der Waals surface area contributed by atoms with Crippen molar-refractivity contribution >= 4 is 23.0 Å². The summed E-state index contributed by atoms with van der Waals surface area (Å²) in [6, 6.07) is 21.4. The summed E-state index contributed by atoms with van der Waals surface area (Å²) in [5.41, 5.74) is 12.7. The minimum absolute atomic E-state index is 0.134. The average Bonchev–Trinajstić information content (AvgIpc) is 3.09. The molecule has 158 valence electrons. The number of nitrogens with two attached hydrogens (primary N) is 1. The Kier molecular flexibility index (Phi) is 5.64. The average molecular weight is 429 g/mol. The highest BCUT2D eigenvalue weighted by atomic mass is 16.5. The van der Waals surface area contributed by atoms with Crippen molar-refractivity contribution in [3.05, 3.63) is 93.2 Å². The second kappa shape index (κ2) is 8.71. The van der Waals surface area contributed by atoms with Crippen molar-refractivity contribution in [2.45, 2.75) is 20.5 Å². The Hall–Kier alpha value is -4.86. The molecule has 1 aromatic heterocycles. The molecule has 0 aliphatic heterocycles. The number of rotatable bonds is 4. The number of nitrogens with zero attached hydrogens (tertiary/aromatic N) is 4. The maximum absolute atomic E-state index is 9.68. The van der Waals surface area contributed by atoms with Gasteiger partial charge in [0, 0.05) is 11.1 Å². The number of benzene rings is 2. The summed E-state index contributed by atoms with van der Waals surface area (Å²) in [4.78, 5) is 4.35. The fourth-order valence-electron chi connectivity index (χ4n) is 3.94. The molecular formula is C27H19N5O. The Morgan fingerprint density at radius 3 is 2.36 bits per heavy atom. The Bertz CT molecular complexity index is 1460. The van der Waals surface area contributed by atoms with Gasteiger partial charge in [0.1, 0.15) is 30.3 Å². The van der Waals surface area contributed by atoms with Crippen molar-refractivity contribution in [3.63, 3.8) is 0 Å². The van der Waals surface area contributed by atoms with Gasteiger partial charge >= 0.3 is 0 Å². The van der Waals surface area contributed by atoms with Gasteiger partial charge in [-0.2, -0.15) is 15.8 Å². The Morgan fingerprint density at radius 1 is 0.970 bits per heavy atom. The molecule has 2 N–H and O–H groups in total. The highest BCUT2D eigenvalue weighted by molar-refractivity contribution is 6.08. The zero-order valence-electron chi connectivity index (χ0n) is 18.2. The van der Waals surface area contributed by atoms with Gasteiger partial charge < -0.3 is 10.5 Å². The first kappa shape index (κ1) is 21.4. The predicted octanol–water partition coefficient (Wildman–Crippen LogP) is 5.15. The second-order valence-electron chi connectivity index (χ2n) is 7.63. The smallest absolute Gasteiger partial charge is 0.142 e. The minimum atomic E-state index is 0.134. The number of nitriles is 3. The van der Waals surface area contributed by atoms with Crippen LogP contribution in [0.1, 0.15) is 46.0 Å². The minimum Gasteiger partial charge on any atom is -0.489 e. The first-order valence-electron chi connectivity index (χ1n) is 10.2. The van der Waals surface area contributed by atoms with Crippen LogP contribution in [-0.2, 0) is 6.61 Å². The van der Waals surface area contributed by atoms with Crippen LogP contribution in [0.25, 0.3) is 17.2 Å². The number of hydrogen-bond acceptors (Lipinski definition) is 6. The molecule has 0 spiro atoms. The maximum Gasteiger partial charge on any atom is 0.142 e. The SMILES string of the molecule is CC1=C(C#N)c2nc(N)c(C#N)c(C)c2/C1=C/c1ccc(OCc2ccccc2C#N)cc1. The number of allylic oxidation sites excluding steroid dienone is 3. The number of fused-ring (bicyclic) bond motifs is 1. The van der Waals surface area contributed by atoms with Crippen molar-refractivity contribution in [2.24, 2.45) is 0 Å². The van der Waals surface area contributed by atoms with Crippen LogP contribution in [0.4, 0.5) is 5.82 Å². The van der Waals surface area contributed by atoms with Crippen molar-refractivity contribution in [1.29, 1.82) is 15.8 Å². The summed E-state index contributed by atoms with van der Waals surface area (Å²) in [7, 11) is 0. The molecule has 0 saturated heterocycles. The number of nitrogen functional groups attached to an aromatic ring is 1. The maximum atomic E-state index is 9.68. The van der Waals surface area contributed by atoms with Crippen LogP contribution in [0.2, 0.25) is 0 Å². The largest absolute Gasteiger partial charge is 0.489 e. The highest BCUT2D eigenvalue weighted by Gasteiger charge is 2.29. The second-order valence-corrected chi connectivity index (χ2v) is 7.63. The van der Waals surface area contributed by atoms with Gasteiger partial charge in [-0.15, -0.1) is 0 Å². The van der Waals surface area contributed by atoms with Crippen LogP contribution >= 0.6 is 0 Å². The Morgan fingerprint density at radius 2 is 1.70 bits per heavy atom. The number of ether oxygens (including phenoxy) is 1. The third-order valence-corrected chi connectivity index (χ3v) is 5.71. The summed E-state index contributed by atoms with van der Waals surface area (Å²) in [5, 5.41) is 28.4. The zero-order valence-corrected chi connectivity index (χ0v) is 18.2. The summed E-state index contributed by atoms with van der Waals surface area (Å²) in [6.07, 6.45) is 1.97. The number of pyridine rings is 1. The van der Waals surface area contributed by atoms with E-state index in [1.165, 1.54) is 0 Å². The van der Waals surface area contributed by atoms with Crippen LogP contribution in [0.5, 0.6) is 5.75 Å². The van der Waals surface area contributed by atoms with Crippen LogP contribution in [0.15, 0.2) is 54.1 Å². The summed E-state index contributed by atoms with van der Waals surface area (Å²) in [6.45, 7) is 4.00. The lowest BCUT2D eigenvalue weighted by Gasteiger charge is -2.11. The van der Waals surface area contributed by atoms with Gasteiger partial charge in [-0.3, -0.25) is 0 Å². The molecular weight excluding hydrogens is 410 g/mol. The van der Waals surface area contributed by atoms with Crippen molar-refractivity contribution in [3.8, 4) is 24.0 Å². The van der Waals surface area contributed by atoms with Crippen LogP contribution < -0.4 is 10.5 Å². The molecule has 0 atom stereocenters. The van der Waals surface area contributed by atoms with E-state index < -0.39 is 0 Å². The van der Waals surface area contributed by atoms with Gasteiger partial charge in [0.2, 0.25) is 0 Å². The molecule has 1 aliphatic carbocycles. The lowest BCUT2D eigenvalue weighted by Crippen LogP contribution is -2.03. The van der Waals surface area contributed by atoms with Gasteiger partial charge in [-0.05, 0) is 60.4 Å². The molecule has 0 unspecified atom stereocenters. The molecule has 1 heterocycles. The van der Waals surface area contributed by atoms with Gasteiger partial charge in [-0.1, -0.05) is 30.3 Å². The summed E-state index contributed by atoms with van der Waals surface area (Å²) < 4.78 is 5.85. The van der Waals surface area contributed by atoms with E-state index >= 15 is 0 Å². The highest BCUT2D eigenvalue weighted by Crippen LogP contribution is 2.44. The van der Waals surface area contributed by atoms with Gasteiger partial charge in [0.15, 0.2) is 0 Å². The predicted molar refractivity (Wildman–Crippen MR) is 126 cm³/mol. The first-order chi connectivity index (χ1) is 16.0. The van der Waals surface area contributed by atoms with E-state index in [9.17, 15) is 15.8 Å². The zero-order chi connectivity index (χ0) is 23.5. The van der Waals surface area contributed by atoms with Crippen LogP contribution in [-0.4, -0.2) is 4.98 Å². The molecule has 33 heavy (non-hydrogen) atoms. The standard InChI is InChI=1S/C27H19N5O/c1-16-22(25-17(2)24(14-30)27(31)32-26(25)23(16)13-29)11-18-7-9-21(10-8-18)33-15-20-6-4-3-5-19(20)12-28/h3-11H,15H2,1-2H3,(H2,31,32)/b22-11+. The van der Waals surface area contributed by atoms with E-state index in [0.29, 0.717) is 40.3 Å². The van der Waals surface area contributed by atoms with Gasteiger partial charge in [0.05, 0.1) is 28.5 Å². The third kappa shape index (κ3) is 3.81. The fourth-order valence-corrected chi connectivity index (χ4v) is 3.94. The number of hydrogen-bond donors (Lipinski definition) is 1. The van der Waals surface area contributed by atoms with E-state index in [1.807, 2.05) is 62.4 Å². The molecule has 0 amide bonds. The van der Waals surface area contributed by atoms with Crippen molar-refractivity contribution in [1.82, 2.24) is 4.98 Å². The van der Waals surface area contributed by atoms with Crippen molar-refractivity contribution in [2.75, 3.05) is 5.73 Å². The lowest BCUT2D eigenvalue weighted by atomic mass is 9.95. The quantitative estimate of drug-likeness (QED) is 0.613. The van der Waals surface area contributed by atoms with Gasteiger partial charge in [0.25, 0.3) is 0 Å². The molecule has 6 heteroatoms. The van der Waals surface area contributed by atoms with Crippen LogP contribution in [0.3, 0.4) is 0 Å². The molecule has 3 aromatic rings. The number of aromatic nitrogens is 1. The van der Waals surface area contributed by atoms with E-state index in [0.717, 1.165) is 27.8 Å². The van der Waals surface area contributed by atoms with Crippen molar-refractivity contribution < 1.29 is 4.74 Å². The number of anilines is 1. The summed E-state index contributed by atoms with van der Waals surface area (Å²) in [5.74, 6) is 0.814. The molecule has 0 radical (unpaired) electrons. The normalized spacial score (nSPS) is 13.2. The van der Waals surface area contributed by atoms with E-state index in [-0.39, 0.29) is 5.82 Å². The molecule has 2 aromatic carbocycles. The van der Waals surface area contributed by atoms with E-state index in [2.05, 4.69) is 23.2 Å². The van der Waals surface area contributed by atoms with Gasteiger partial charge in [-0.25, -0.2) is 4.98 Å².